The van der Waals surface area contributed by atoms with Crippen LogP contribution in [0.1, 0.15) is 30.0 Å². The summed E-state index contributed by atoms with van der Waals surface area (Å²) in [6, 6.07) is 14.0. The first-order valence-electron chi connectivity index (χ1n) is 9.12. The van der Waals surface area contributed by atoms with E-state index < -0.39 is 0 Å². The maximum atomic E-state index is 13.0. The molecule has 6 heteroatoms. The molecule has 3 aromatic rings. The first-order chi connectivity index (χ1) is 13.5. The zero-order chi connectivity index (χ0) is 20.1. The molecule has 1 aromatic heterocycles. The van der Waals surface area contributed by atoms with Gasteiger partial charge in [-0.25, -0.2) is 4.98 Å². The minimum Gasteiger partial charge on any atom is -0.490 e. The van der Waals surface area contributed by atoms with E-state index in [1.807, 2.05) is 19.9 Å². The van der Waals surface area contributed by atoms with Crippen LogP contribution in [0.15, 0.2) is 66.0 Å². The van der Waals surface area contributed by atoms with Gasteiger partial charge in [-0.2, -0.15) is 0 Å². The number of carbonyl (C=O) groups excluding carboxylic acids is 1. The average Bonchev–Trinajstić information content (AvgIpc) is 2.70. The number of rotatable bonds is 7. The smallest absolute Gasteiger partial charge is 0.258 e. The summed E-state index contributed by atoms with van der Waals surface area (Å²) < 4.78 is 5.45. The Bertz CT molecular complexity index is 1040. The third-order valence-electron chi connectivity index (χ3n) is 4.34. The molecule has 0 radical (unpaired) electrons. The topological polar surface area (TPSA) is 75.3 Å². The number of aromatic amines is 1. The van der Waals surface area contributed by atoms with Crippen molar-refractivity contribution < 1.29 is 9.53 Å². The number of amides is 1. The highest BCUT2D eigenvalue weighted by Crippen LogP contribution is 2.17. The van der Waals surface area contributed by atoms with E-state index >= 15 is 0 Å². The minimum atomic E-state index is -0.208. The monoisotopic (exact) mass is 377 g/mol. The Kier molecular flexibility index (Phi) is 5.89. The second kappa shape index (κ2) is 8.52. The number of H-pyrrole nitrogens is 1. The summed E-state index contributed by atoms with van der Waals surface area (Å²) in [6.45, 7) is 8.09. The van der Waals surface area contributed by atoms with Gasteiger partial charge in [-0.1, -0.05) is 24.8 Å². The van der Waals surface area contributed by atoms with Crippen molar-refractivity contribution in [2.24, 2.45) is 0 Å². The molecule has 0 saturated heterocycles. The highest BCUT2D eigenvalue weighted by Gasteiger charge is 2.20. The lowest BCUT2D eigenvalue weighted by Gasteiger charge is -2.26. The quantitative estimate of drug-likeness (QED) is 0.639. The van der Waals surface area contributed by atoms with Crippen molar-refractivity contribution >= 4 is 16.8 Å². The Morgan fingerprint density at radius 1 is 1.21 bits per heavy atom. The van der Waals surface area contributed by atoms with E-state index in [4.69, 9.17) is 4.74 Å². The van der Waals surface area contributed by atoms with E-state index in [0.29, 0.717) is 34.6 Å². The molecular weight excluding hydrogens is 354 g/mol. The Morgan fingerprint density at radius 2 is 1.93 bits per heavy atom. The van der Waals surface area contributed by atoms with Crippen LogP contribution in [-0.2, 0) is 6.54 Å². The van der Waals surface area contributed by atoms with Crippen molar-refractivity contribution in [2.45, 2.75) is 26.4 Å². The molecule has 2 aromatic carbocycles. The van der Waals surface area contributed by atoms with Crippen molar-refractivity contribution in [3.63, 3.8) is 0 Å². The van der Waals surface area contributed by atoms with Crippen LogP contribution >= 0.6 is 0 Å². The number of nitrogens with zero attached hydrogens (tertiary/aromatic N) is 2. The molecule has 0 spiro atoms. The van der Waals surface area contributed by atoms with E-state index in [1.54, 1.807) is 53.4 Å². The lowest BCUT2D eigenvalue weighted by Crippen LogP contribution is -2.37. The molecule has 1 heterocycles. The zero-order valence-electron chi connectivity index (χ0n) is 16.0. The fourth-order valence-electron chi connectivity index (χ4n) is 2.87. The summed E-state index contributed by atoms with van der Waals surface area (Å²) in [5.41, 5.74) is 0.949. The van der Waals surface area contributed by atoms with Crippen LogP contribution in [0.3, 0.4) is 0 Å². The van der Waals surface area contributed by atoms with E-state index in [1.165, 1.54) is 0 Å². The van der Waals surface area contributed by atoms with Crippen molar-refractivity contribution in [2.75, 3.05) is 6.61 Å². The van der Waals surface area contributed by atoms with Crippen molar-refractivity contribution in [3.8, 4) is 5.75 Å². The molecule has 0 fully saturated rings. The van der Waals surface area contributed by atoms with Gasteiger partial charge in [-0.05, 0) is 50.2 Å². The van der Waals surface area contributed by atoms with Crippen LogP contribution in [0.4, 0.5) is 0 Å². The van der Waals surface area contributed by atoms with Gasteiger partial charge in [0.1, 0.15) is 18.2 Å². The predicted octanol–water partition coefficient (Wildman–Crippen LogP) is 3.54. The molecule has 144 valence electrons. The number of ether oxygens (including phenoxy) is 1. The molecule has 0 aliphatic rings. The average molecular weight is 377 g/mol. The van der Waals surface area contributed by atoms with Crippen molar-refractivity contribution in [1.29, 1.82) is 0 Å². The zero-order valence-corrected chi connectivity index (χ0v) is 16.0. The van der Waals surface area contributed by atoms with Gasteiger partial charge in [0.15, 0.2) is 0 Å². The third kappa shape index (κ3) is 4.28. The SMILES string of the molecule is C=CCOc1ccc(C(=O)N(Cc2nc3ccccc3c(=O)[nH]2)C(C)C)cc1. The van der Waals surface area contributed by atoms with E-state index in [9.17, 15) is 9.59 Å². The van der Waals surface area contributed by atoms with Crippen LogP contribution in [-0.4, -0.2) is 33.4 Å². The molecule has 0 aliphatic heterocycles. The molecule has 1 amide bonds. The molecule has 0 saturated carbocycles. The third-order valence-corrected chi connectivity index (χ3v) is 4.34. The number of fused-ring (bicyclic) bond motifs is 1. The Balaban J connectivity index is 1.84. The first kappa shape index (κ1) is 19.4. The van der Waals surface area contributed by atoms with Gasteiger partial charge in [-0.3, -0.25) is 9.59 Å². The minimum absolute atomic E-state index is 0.0686. The summed E-state index contributed by atoms with van der Waals surface area (Å²) in [5.74, 6) is 0.992. The lowest BCUT2D eigenvalue weighted by molar-refractivity contribution is 0.0685. The number of hydrogen-bond acceptors (Lipinski definition) is 4. The lowest BCUT2D eigenvalue weighted by atomic mass is 10.1. The van der Waals surface area contributed by atoms with Gasteiger partial charge in [0.2, 0.25) is 0 Å². The van der Waals surface area contributed by atoms with E-state index in [2.05, 4.69) is 16.5 Å². The van der Waals surface area contributed by atoms with E-state index in [0.717, 1.165) is 0 Å². The largest absolute Gasteiger partial charge is 0.490 e. The fourth-order valence-corrected chi connectivity index (χ4v) is 2.87. The highest BCUT2D eigenvalue weighted by molar-refractivity contribution is 5.94. The van der Waals surface area contributed by atoms with Gasteiger partial charge in [-0.15, -0.1) is 0 Å². The van der Waals surface area contributed by atoms with Crippen LogP contribution in [0.25, 0.3) is 10.9 Å². The normalized spacial score (nSPS) is 10.8. The molecule has 6 nitrogen and oxygen atoms in total. The van der Waals surface area contributed by atoms with Gasteiger partial charge >= 0.3 is 0 Å². The first-order valence-corrected chi connectivity index (χ1v) is 9.12. The predicted molar refractivity (Wildman–Crippen MR) is 110 cm³/mol. The summed E-state index contributed by atoms with van der Waals surface area (Å²) in [7, 11) is 0. The van der Waals surface area contributed by atoms with E-state index in [-0.39, 0.29) is 24.1 Å². The maximum absolute atomic E-state index is 13.0. The van der Waals surface area contributed by atoms with Gasteiger partial charge in [0.25, 0.3) is 11.5 Å². The molecule has 3 rings (SSSR count). The number of hydrogen-bond donors (Lipinski definition) is 1. The van der Waals surface area contributed by atoms with Crippen LogP contribution in [0.2, 0.25) is 0 Å². The number of benzene rings is 2. The summed E-state index contributed by atoms with van der Waals surface area (Å²) >= 11 is 0. The summed E-state index contributed by atoms with van der Waals surface area (Å²) in [6.07, 6.45) is 1.66. The maximum Gasteiger partial charge on any atom is 0.258 e. The number of para-hydroxylation sites is 1. The Morgan fingerprint density at radius 3 is 2.61 bits per heavy atom. The molecule has 1 N–H and O–H groups in total. The highest BCUT2D eigenvalue weighted by atomic mass is 16.5. The molecule has 0 bridgehead atoms. The van der Waals surface area contributed by atoms with Crippen LogP contribution in [0.5, 0.6) is 5.75 Å². The molecule has 0 aliphatic carbocycles. The van der Waals surface area contributed by atoms with Crippen LogP contribution < -0.4 is 10.3 Å². The van der Waals surface area contributed by atoms with Gasteiger partial charge in [0, 0.05) is 11.6 Å². The van der Waals surface area contributed by atoms with Crippen molar-refractivity contribution in [1.82, 2.24) is 14.9 Å². The molecule has 0 atom stereocenters. The van der Waals surface area contributed by atoms with Gasteiger partial charge < -0.3 is 14.6 Å². The Hall–Kier alpha value is -3.41. The molecule has 0 unspecified atom stereocenters. The number of nitrogens with one attached hydrogen (secondary N) is 1. The molecule has 28 heavy (non-hydrogen) atoms. The number of carbonyl (C=O) groups is 1. The summed E-state index contributed by atoms with van der Waals surface area (Å²) in [5, 5.41) is 0.531. The standard InChI is InChI=1S/C22H23N3O3/c1-4-13-28-17-11-9-16(10-12-17)22(27)25(15(2)3)14-20-23-19-8-6-5-7-18(19)21(26)24-20/h4-12,15H,1,13-14H2,2-3H3,(H,23,24,26). The van der Waals surface area contributed by atoms with Crippen LogP contribution in [0, 0.1) is 0 Å². The fraction of sp³-hybridized carbons (Fsp3) is 0.227. The van der Waals surface area contributed by atoms with Crippen molar-refractivity contribution in [3.05, 3.63) is 82.9 Å². The molecular formula is C22H23N3O3. The Labute approximate surface area is 163 Å². The second-order valence-electron chi connectivity index (χ2n) is 6.68. The number of aromatic nitrogens is 2. The van der Waals surface area contributed by atoms with Gasteiger partial charge in [0.05, 0.1) is 17.4 Å². The summed E-state index contributed by atoms with van der Waals surface area (Å²) in [4.78, 5) is 34.3. The second-order valence-corrected chi connectivity index (χ2v) is 6.68.